The molecule has 12 aromatic rings. The van der Waals surface area contributed by atoms with Crippen LogP contribution in [0, 0.1) is 10.8 Å². The quantitative estimate of drug-likeness (QED) is 0.156. The van der Waals surface area contributed by atoms with Gasteiger partial charge in [0.1, 0.15) is 22.7 Å². The van der Waals surface area contributed by atoms with Crippen LogP contribution in [0.5, 0.6) is 0 Å². The molecule has 6 aliphatic rings. The molecular formula is C113H153N13O10SSi2. The standard InChI is InChI=1S/C25H30N2O.2C24H28N4O.C24H29N3O.C12H24O3Si.C2H8O3Si.C2H6S/c1-24(2,3)27-16-26-22-20-14-10-9-13-19(20)21(28-25(4,5)6)15-17-11-7-8-12-18(17)23(22)27;1-23(2,3)22(29)27-15-16-11-7-8-12-17(16)21-20(18-13-9-10-14-19(18)27)25-26-28(21)24(4,5)6;1-23(2,3)22(29)27-15-16-11-7-8-12-17(16)20-21(18-13-9-10-14-19(18)27)28(26-25-20)24(4,5)6;1-23(2,3)27-22-19-14-10-9-13-18(19)20(28-24(4,5)6)15-16-11-7-8-12-17(16)21(22)25-26-27;1-9(2,3)16-13-10(4,5)12(8,15-16)11(6,7)14-16;1-5-6(2,3)4;1-3-2/h7-14,16,21H,15H2,1-6H3;2*7-14H,15H2,1-6H3;7-14,20H,15H2,1-6H3;1-8H3;3-4H,1-2H3;1-2H3. The molecule has 744 valence electrons. The number of benzene rings is 8. The van der Waals surface area contributed by atoms with Crippen LogP contribution in [0.2, 0.25) is 11.6 Å². The Bertz CT molecular complexity index is 6350. The van der Waals surface area contributed by atoms with Crippen molar-refractivity contribution in [3.05, 3.63) is 234 Å². The minimum atomic E-state index is -3.13. The van der Waals surface area contributed by atoms with Crippen molar-refractivity contribution in [1.29, 1.82) is 0 Å². The zero-order valence-electron chi connectivity index (χ0n) is 89.4. The first kappa shape index (κ1) is 108. The maximum Gasteiger partial charge on any atom is 0.508 e. The number of imidazole rings is 1. The summed E-state index contributed by atoms with van der Waals surface area (Å²) in [5.74, 6) is 0.185. The second kappa shape index (κ2) is 39.9. The smallest absolute Gasteiger partial charge is 0.390 e. The van der Waals surface area contributed by atoms with Crippen LogP contribution in [-0.4, -0.2) is 141 Å². The largest absolute Gasteiger partial charge is 0.508 e. The minimum Gasteiger partial charge on any atom is -0.390 e. The van der Waals surface area contributed by atoms with Gasteiger partial charge in [-0.2, -0.15) is 11.8 Å². The molecule has 23 nitrogen and oxygen atoms in total. The monoisotopic (exact) mass is 1940 g/mol. The van der Waals surface area contributed by atoms with Crippen LogP contribution in [-0.2, 0) is 84.9 Å². The minimum absolute atomic E-state index is 0.00899. The number of anilines is 2. The van der Waals surface area contributed by atoms with E-state index in [0.717, 1.165) is 109 Å². The number of fused-ring (bicyclic) bond motifs is 22. The number of amides is 2. The van der Waals surface area contributed by atoms with E-state index in [9.17, 15) is 9.59 Å². The van der Waals surface area contributed by atoms with Crippen LogP contribution in [0.4, 0.5) is 11.4 Å². The van der Waals surface area contributed by atoms with Gasteiger partial charge in [-0.25, -0.2) is 19.0 Å². The first-order valence-corrected chi connectivity index (χ1v) is 54.2. The molecule has 8 heterocycles. The third kappa shape index (κ3) is 23.1. The van der Waals surface area contributed by atoms with Gasteiger partial charge in [0.15, 0.2) is 0 Å². The average Bonchev–Trinajstić information content (AvgIpc) is 1.51. The van der Waals surface area contributed by atoms with E-state index in [1.807, 2.05) is 146 Å². The lowest BCUT2D eigenvalue weighted by atomic mass is 9.76. The molecule has 0 spiro atoms. The first-order valence-electron chi connectivity index (χ1n) is 48.5. The topological polar surface area (TPSA) is 246 Å². The SMILES string of the molecule is CC(C)(C)C(=O)N1Cc2ccccc2-c2c(nnn2C(C)(C)C)-c2ccccc21.CC(C)(C)C(=O)N1Cc2ccccc2-c2nnn(C(C)(C)C)c2-c2ccccc21.CC(C)(C)OC1Cc2ccccc2-c2c(ncn2C(C)(C)C)-c2ccccc21.CC(C)(C)OC1Cc2ccccc2-c2nnn(C(C)(C)C)c2-c2ccccc21.CC1(C)O[Si]2(C(C)(C)C)OC(C)(C)C1(C)O2.CO[Si](C)(O)O.CSC. The Morgan fingerprint density at radius 1 is 0.396 bits per heavy atom. The molecule has 2 N–H and O–H groups in total. The fraction of sp³-hybridized carbons (Fsp3) is 0.478. The van der Waals surface area contributed by atoms with Gasteiger partial charge in [-0.15, -0.1) is 15.3 Å². The van der Waals surface area contributed by atoms with Crippen molar-refractivity contribution in [2.24, 2.45) is 10.8 Å². The van der Waals surface area contributed by atoms with Crippen molar-refractivity contribution in [2.75, 3.05) is 29.4 Å². The maximum absolute atomic E-state index is 13.5. The number of carbonyl (C=O) groups is 2. The van der Waals surface area contributed by atoms with E-state index in [1.54, 1.807) is 11.8 Å². The van der Waals surface area contributed by atoms with Crippen LogP contribution in [0.15, 0.2) is 200 Å². The highest BCUT2D eigenvalue weighted by atomic mass is 32.2. The lowest BCUT2D eigenvalue weighted by molar-refractivity contribution is -0.133. The average molecular weight is 1940 g/mol. The first-order chi connectivity index (χ1) is 64.3. The van der Waals surface area contributed by atoms with Crippen molar-refractivity contribution in [3.8, 4) is 90.1 Å². The van der Waals surface area contributed by atoms with Crippen LogP contribution < -0.4 is 9.80 Å². The van der Waals surface area contributed by atoms with E-state index in [1.165, 1.54) is 52.7 Å². The van der Waals surface area contributed by atoms with E-state index < -0.39 is 28.4 Å². The van der Waals surface area contributed by atoms with Gasteiger partial charge in [0, 0.05) is 92.4 Å². The van der Waals surface area contributed by atoms with Gasteiger partial charge in [-0.05, 0) is 217 Å². The summed E-state index contributed by atoms with van der Waals surface area (Å²) in [6.45, 7) is 69.7. The predicted molar refractivity (Wildman–Crippen MR) is 569 cm³/mol. The summed E-state index contributed by atoms with van der Waals surface area (Å²) in [7, 11) is -4.44. The van der Waals surface area contributed by atoms with Gasteiger partial charge >= 0.3 is 17.6 Å². The Morgan fingerprint density at radius 2 is 0.698 bits per heavy atom. The van der Waals surface area contributed by atoms with Gasteiger partial charge in [0.05, 0.1) is 110 Å². The summed E-state index contributed by atoms with van der Waals surface area (Å²) >= 11 is 1.75. The Kier molecular flexibility index (Phi) is 30.9. The van der Waals surface area contributed by atoms with E-state index in [-0.39, 0.29) is 79.2 Å². The molecule has 2 atom stereocenters. The van der Waals surface area contributed by atoms with Crippen LogP contribution >= 0.6 is 11.8 Å². The fourth-order valence-corrected chi connectivity index (χ4v) is 22.1. The van der Waals surface area contributed by atoms with Crippen LogP contribution in [0.3, 0.4) is 0 Å². The van der Waals surface area contributed by atoms with Gasteiger partial charge in [0.2, 0.25) is 11.8 Å². The second-order valence-electron chi connectivity index (χ2n) is 47.3. The summed E-state index contributed by atoms with van der Waals surface area (Å²) in [5.41, 5.74) is 22.5. The van der Waals surface area contributed by atoms with Crippen molar-refractivity contribution in [3.63, 3.8) is 0 Å². The molecular weight excluding hydrogens is 1790 g/mol. The van der Waals surface area contributed by atoms with Crippen LogP contribution in [0.25, 0.3) is 90.1 Å². The molecule has 18 rings (SSSR count). The molecule has 0 radical (unpaired) electrons. The normalized spacial score (nSPS) is 18.3. The summed E-state index contributed by atoms with van der Waals surface area (Å²) in [5, 5.41) is 27.4. The number of thioether (sulfide) groups is 1. The summed E-state index contributed by atoms with van der Waals surface area (Å²) in [6, 6.07) is 66.8. The third-order valence-electron chi connectivity index (χ3n) is 25.5. The van der Waals surface area contributed by atoms with E-state index >= 15 is 0 Å². The number of rotatable bonds is 3. The zero-order chi connectivity index (χ0) is 103. The number of para-hydroxylation sites is 2. The van der Waals surface area contributed by atoms with E-state index in [0.29, 0.717) is 13.1 Å². The Balaban J connectivity index is 0.000000154. The summed E-state index contributed by atoms with van der Waals surface area (Å²) < 4.78 is 44.4. The number of hydrogen-bond donors (Lipinski definition) is 2. The Hall–Kier alpha value is -10.2. The predicted octanol–water partition coefficient (Wildman–Crippen LogP) is 26.0. The molecule has 26 heteroatoms. The van der Waals surface area contributed by atoms with Gasteiger partial charge in [-0.3, -0.25) is 9.59 Å². The second-order valence-corrected chi connectivity index (χ2v) is 53.6. The molecule has 139 heavy (non-hydrogen) atoms. The molecule has 2 bridgehead atoms. The Morgan fingerprint density at radius 3 is 1.07 bits per heavy atom. The molecule has 2 amide bonds. The number of nitrogens with zero attached hydrogens (tertiary/aromatic N) is 13. The molecule has 2 unspecified atom stereocenters. The molecule has 2 saturated heterocycles. The van der Waals surface area contributed by atoms with Gasteiger partial charge < -0.3 is 51.1 Å². The maximum atomic E-state index is 13.5. The van der Waals surface area contributed by atoms with Crippen molar-refractivity contribution >= 4 is 52.6 Å². The fourth-order valence-electron chi connectivity index (χ4n) is 18.3. The third-order valence-corrected chi connectivity index (χ3v) is 30.3. The molecule has 8 aromatic carbocycles. The number of hydrogen-bond acceptors (Lipinski definition) is 18. The summed E-state index contributed by atoms with van der Waals surface area (Å²) in [4.78, 5) is 52.2. The van der Waals surface area contributed by atoms with Gasteiger partial charge in [-0.1, -0.05) is 260 Å². The van der Waals surface area contributed by atoms with Crippen LogP contribution in [0.1, 0.15) is 267 Å². The molecule has 0 saturated carbocycles. The van der Waals surface area contributed by atoms with Crippen molar-refractivity contribution < 1.29 is 46.4 Å². The molecule has 4 aromatic heterocycles. The number of aromatic nitrogens is 11. The number of carbonyl (C=O) groups excluding carboxylic acids is 2. The summed E-state index contributed by atoms with van der Waals surface area (Å²) in [6.07, 6.45) is 7.69. The lowest BCUT2D eigenvalue weighted by Gasteiger charge is -2.48. The molecule has 4 aliphatic heterocycles. The Labute approximate surface area is 833 Å². The van der Waals surface area contributed by atoms with Crippen molar-refractivity contribution in [2.45, 2.75) is 321 Å². The zero-order valence-corrected chi connectivity index (χ0v) is 92.2. The highest BCUT2D eigenvalue weighted by Gasteiger charge is 2.79. The van der Waals surface area contributed by atoms with Gasteiger partial charge in [0.25, 0.3) is 0 Å². The van der Waals surface area contributed by atoms with E-state index in [2.05, 4.69) is 352 Å². The molecule has 2 aliphatic carbocycles. The van der Waals surface area contributed by atoms with Crippen molar-refractivity contribution in [1.82, 2.24) is 54.5 Å². The lowest BCUT2D eigenvalue weighted by Crippen LogP contribution is -2.63. The number of ether oxygens (including phenoxy) is 2. The highest BCUT2D eigenvalue weighted by Crippen LogP contribution is 2.63. The van der Waals surface area contributed by atoms with E-state index in [4.69, 9.17) is 37.3 Å². The highest BCUT2D eigenvalue weighted by molar-refractivity contribution is 7.97. The molecule has 2 fully saturated rings.